The number of hydrogen-bond acceptors (Lipinski definition) is 4. The van der Waals surface area contributed by atoms with E-state index in [-0.39, 0.29) is 5.91 Å². The second-order valence-corrected chi connectivity index (χ2v) is 9.33. The standard InChI is InChI=1S/C17H24N2O3S2/c1-2-4-17(20)18-8-10-19(11-9-18)24(21,22)15-6-7-16-14(13-15)5-3-12-23-16/h6-7,13H,2-5,8-12H2,1H3. The second kappa shape index (κ2) is 7.45. The number of benzene rings is 1. The topological polar surface area (TPSA) is 57.7 Å². The molecular formula is C17H24N2O3S2. The SMILES string of the molecule is CCCC(=O)N1CCN(S(=O)(=O)c2ccc3c(c2)CCCS3)CC1. The van der Waals surface area contributed by atoms with Crippen molar-refractivity contribution >= 4 is 27.7 Å². The van der Waals surface area contributed by atoms with Crippen LogP contribution in [-0.4, -0.2) is 55.5 Å². The molecule has 1 saturated heterocycles. The largest absolute Gasteiger partial charge is 0.340 e. The molecule has 1 aromatic rings. The van der Waals surface area contributed by atoms with Crippen LogP contribution in [0.3, 0.4) is 0 Å². The van der Waals surface area contributed by atoms with E-state index < -0.39 is 10.0 Å². The van der Waals surface area contributed by atoms with Crippen LogP contribution in [0.5, 0.6) is 0 Å². The molecule has 2 aliphatic heterocycles. The summed E-state index contributed by atoms with van der Waals surface area (Å²) >= 11 is 1.80. The van der Waals surface area contributed by atoms with E-state index in [2.05, 4.69) is 0 Å². The summed E-state index contributed by atoms with van der Waals surface area (Å²) in [6.45, 7) is 3.71. The highest BCUT2D eigenvalue weighted by Gasteiger charge is 2.30. The Morgan fingerprint density at radius 1 is 1.21 bits per heavy atom. The van der Waals surface area contributed by atoms with Crippen molar-refractivity contribution in [3.05, 3.63) is 23.8 Å². The average Bonchev–Trinajstić information content (AvgIpc) is 2.61. The number of piperazine rings is 1. The molecule has 24 heavy (non-hydrogen) atoms. The van der Waals surface area contributed by atoms with Crippen LogP contribution in [0.15, 0.2) is 28.0 Å². The summed E-state index contributed by atoms with van der Waals surface area (Å²) in [4.78, 5) is 15.3. The Kier molecular flexibility index (Phi) is 5.52. The molecule has 0 unspecified atom stereocenters. The van der Waals surface area contributed by atoms with E-state index in [1.807, 2.05) is 19.1 Å². The van der Waals surface area contributed by atoms with Gasteiger partial charge in [0.05, 0.1) is 4.90 Å². The van der Waals surface area contributed by atoms with Crippen LogP contribution in [0.1, 0.15) is 31.7 Å². The lowest BCUT2D eigenvalue weighted by Gasteiger charge is -2.34. The molecule has 0 saturated carbocycles. The first-order valence-electron chi connectivity index (χ1n) is 8.56. The van der Waals surface area contributed by atoms with Crippen molar-refractivity contribution in [2.45, 2.75) is 42.4 Å². The summed E-state index contributed by atoms with van der Waals surface area (Å²) in [5.74, 6) is 1.23. The summed E-state index contributed by atoms with van der Waals surface area (Å²) in [6.07, 6.45) is 3.41. The monoisotopic (exact) mass is 368 g/mol. The normalized spacial score (nSPS) is 19.1. The van der Waals surface area contributed by atoms with Crippen LogP contribution < -0.4 is 0 Å². The molecule has 0 N–H and O–H groups in total. The first-order valence-corrected chi connectivity index (χ1v) is 11.0. The van der Waals surface area contributed by atoms with Gasteiger partial charge >= 0.3 is 0 Å². The van der Waals surface area contributed by atoms with Gasteiger partial charge in [-0.1, -0.05) is 6.92 Å². The van der Waals surface area contributed by atoms with E-state index in [9.17, 15) is 13.2 Å². The molecule has 0 radical (unpaired) electrons. The van der Waals surface area contributed by atoms with Gasteiger partial charge in [-0.2, -0.15) is 4.31 Å². The lowest BCUT2D eigenvalue weighted by Crippen LogP contribution is -2.50. The van der Waals surface area contributed by atoms with Crippen LogP contribution in [0.25, 0.3) is 0 Å². The first-order chi connectivity index (χ1) is 11.5. The maximum atomic E-state index is 12.9. The van der Waals surface area contributed by atoms with Gasteiger partial charge in [0.25, 0.3) is 0 Å². The summed E-state index contributed by atoms with van der Waals surface area (Å²) in [5.41, 5.74) is 1.14. The molecule has 1 fully saturated rings. The molecule has 0 spiro atoms. The fraction of sp³-hybridized carbons (Fsp3) is 0.588. The number of carbonyl (C=O) groups excluding carboxylic acids is 1. The molecule has 5 nitrogen and oxygen atoms in total. The fourth-order valence-corrected chi connectivity index (χ4v) is 5.69. The van der Waals surface area contributed by atoms with Crippen molar-refractivity contribution in [2.24, 2.45) is 0 Å². The average molecular weight is 369 g/mol. The zero-order valence-corrected chi connectivity index (χ0v) is 15.7. The Morgan fingerprint density at radius 3 is 2.67 bits per heavy atom. The van der Waals surface area contributed by atoms with Gasteiger partial charge in [0.2, 0.25) is 15.9 Å². The van der Waals surface area contributed by atoms with Crippen molar-refractivity contribution in [3.8, 4) is 0 Å². The highest BCUT2D eigenvalue weighted by atomic mass is 32.2. The van der Waals surface area contributed by atoms with Crippen LogP contribution in [0.2, 0.25) is 0 Å². The van der Waals surface area contributed by atoms with Crippen LogP contribution in [0.4, 0.5) is 0 Å². The highest BCUT2D eigenvalue weighted by molar-refractivity contribution is 7.99. The van der Waals surface area contributed by atoms with E-state index in [4.69, 9.17) is 0 Å². The predicted octanol–water partition coefficient (Wildman–Crippen LogP) is 2.36. The minimum Gasteiger partial charge on any atom is -0.340 e. The zero-order valence-electron chi connectivity index (χ0n) is 14.0. The van der Waals surface area contributed by atoms with Gasteiger partial charge in [-0.05, 0) is 48.8 Å². The molecule has 3 rings (SSSR count). The molecule has 2 heterocycles. The van der Waals surface area contributed by atoms with Gasteiger partial charge in [0, 0.05) is 37.5 Å². The summed E-state index contributed by atoms with van der Waals surface area (Å²) < 4.78 is 27.3. The minimum atomic E-state index is -3.47. The third kappa shape index (κ3) is 3.63. The van der Waals surface area contributed by atoms with E-state index in [1.54, 1.807) is 22.7 Å². The summed E-state index contributed by atoms with van der Waals surface area (Å²) in [7, 11) is -3.47. The molecule has 0 aromatic heterocycles. The minimum absolute atomic E-state index is 0.125. The maximum absolute atomic E-state index is 12.9. The third-order valence-electron chi connectivity index (χ3n) is 4.57. The molecule has 1 aromatic carbocycles. The Hall–Kier alpha value is -1.05. The number of rotatable bonds is 4. The summed E-state index contributed by atoms with van der Waals surface area (Å²) in [5, 5.41) is 0. The lowest BCUT2D eigenvalue weighted by atomic mass is 10.1. The number of amides is 1. The lowest BCUT2D eigenvalue weighted by molar-refractivity contribution is -0.132. The van der Waals surface area contributed by atoms with Gasteiger partial charge in [-0.3, -0.25) is 4.79 Å². The number of carbonyl (C=O) groups is 1. The van der Waals surface area contributed by atoms with Gasteiger partial charge in [-0.15, -0.1) is 11.8 Å². The van der Waals surface area contributed by atoms with E-state index in [0.717, 1.165) is 30.6 Å². The number of sulfonamides is 1. The quantitative estimate of drug-likeness (QED) is 0.819. The van der Waals surface area contributed by atoms with Crippen LogP contribution >= 0.6 is 11.8 Å². The van der Waals surface area contributed by atoms with Crippen LogP contribution in [0, 0.1) is 0 Å². The zero-order chi connectivity index (χ0) is 17.2. The van der Waals surface area contributed by atoms with Gasteiger partial charge in [0.1, 0.15) is 0 Å². The van der Waals surface area contributed by atoms with Crippen molar-refractivity contribution in [3.63, 3.8) is 0 Å². The molecule has 0 aliphatic carbocycles. The van der Waals surface area contributed by atoms with Gasteiger partial charge in [-0.25, -0.2) is 8.42 Å². The van der Waals surface area contributed by atoms with Gasteiger partial charge in [0.15, 0.2) is 0 Å². The molecule has 0 atom stereocenters. The van der Waals surface area contributed by atoms with Crippen molar-refractivity contribution in [1.29, 1.82) is 0 Å². The molecule has 2 aliphatic rings. The molecular weight excluding hydrogens is 344 g/mol. The number of thioether (sulfide) groups is 1. The number of hydrogen-bond donors (Lipinski definition) is 0. The Morgan fingerprint density at radius 2 is 1.96 bits per heavy atom. The Bertz CT molecular complexity index is 711. The Balaban J connectivity index is 1.71. The summed E-state index contributed by atoms with van der Waals surface area (Å²) in [6, 6.07) is 5.50. The highest BCUT2D eigenvalue weighted by Crippen LogP contribution is 2.32. The fourth-order valence-electron chi connectivity index (χ4n) is 3.20. The van der Waals surface area contributed by atoms with Crippen molar-refractivity contribution in [1.82, 2.24) is 9.21 Å². The molecule has 1 amide bonds. The smallest absolute Gasteiger partial charge is 0.243 e. The third-order valence-corrected chi connectivity index (χ3v) is 7.67. The predicted molar refractivity (Wildman–Crippen MR) is 95.7 cm³/mol. The number of fused-ring (bicyclic) bond motifs is 1. The molecule has 0 bridgehead atoms. The van der Waals surface area contributed by atoms with Gasteiger partial charge < -0.3 is 4.90 Å². The van der Waals surface area contributed by atoms with E-state index in [1.165, 1.54) is 9.20 Å². The van der Waals surface area contributed by atoms with E-state index in [0.29, 0.717) is 37.5 Å². The number of aryl methyl sites for hydroxylation is 1. The van der Waals surface area contributed by atoms with Crippen molar-refractivity contribution < 1.29 is 13.2 Å². The van der Waals surface area contributed by atoms with Crippen LogP contribution in [-0.2, 0) is 21.2 Å². The van der Waals surface area contributed by atoms with E-state index >= 15 is 0 Å². The maximum Gasteiger partial charge on any atom is 0.243 e. The van der Waals surface area contributed by atoms with Crippen molar-refractivity contribution in [2.75, 3.05) is 31.9 Å². The molecule has 7 heteroatoms. The molecule has 132 valence electrons. The number of nitrogens with zero attached hydrogens (tertiary/aromatic N) is 2. The second-order valence-electron chi connectivity index (χ2n) is 6.26. The Labute approximate surface area is 148 Å². The first kappa shape index (κ1) is 17.8.